The maximum Gasteiger partial charge on any atom is 0.335 e. The molecule has 0 unspecified atom stereocenters. The quantitative estimate of drug-likeness (QED) is 0.438. The molecule has 3 heterocycles. The number of carboxylic acid groups (broad SMARTS) is 1. The van der Waals surface area contributed by atoms with Gasteiger partial charge in [-0.15, -0.1) is 0 Å². The molecule has 0 saturated heterocycles. The Hall–Kier alpha value is -4.14. The van der Waals surface area contributed by atoms with Crippen LogP contribution >= 0.6 is 0 Å². The van der Waals surface area contributed by atoms with Gasteiger partial charge in [-0.2, -0.15) is 0 Å². The second kappa shape index (κ2) is 8.51. The zero-order chi connectivity index (χ0) is 25.0. The van der Waals surface area contributed by atoms with Crippen LogP contribution in [0.4, 0.5) is 5.95 Å². The van der Waals surface area contributed by atoms with Crippen LogP contribution in [0, 0.1) is 5.92 Å². The summed E-state index contributed by atoms with van der Waals surface area (Å²) in [5.74, 6) is -0.580. The maximum absolute atomic E-state index is 13.1. The highest BCUT2D eigenvalue weighted by Crippen LogP contribution is 2.45. The summed E-state index contributed by atoms with van der Waals surface area (Å²) in [6.07, 6.45) is 4.98. The molecule has 9 nitrogen and oxygen atoms in total. The van der Waals surface area contributed by atoms with Crippen molar-refractivity contribution in [2.45, 2.75) is 38.1 Å². The number of nitrogens with zero attached hydrogens (tertiary/aromatic N) is 4. The molecule has 2 aromatic carbocycles. The molecule has 2 N–H and O–H groups in total. The first-order chi connectivity index (χ1) is 17.4. The maximum atomic E-state index is 13.1. The van der Waals surface area contributed by atoms with Crippen LogP contribution in [-0.4, -0.2) is 37.3 Å². The van der Waals surface area contributed by atoms with Gasteiger partial charge in [0.05, 0.1) is 11.6 Å². The summed E-state index contributed by atoms with van der Waals surface area (Å²) in [4.78, 5) is 36.0. The van der Waals surface area contributed by atoms with Gasteiger partial charge >= 0.3 is 5.97 Å². The molecule has 0 spiro atoms. The fourth-order valence-corrected chi connectivity index (χ4v) is 5.76. The van der Waals surface area contributed by atoms with E-state index in [1.165, 1.54) is 4.57 Å². The van der Waals surface area contributed by atoms with Gasteiger partial charge in [0.15, 0.2) is 11.3 Å². The SMILES string of the molecule is Cn1c(N2CCc3cc(C(=O)O)ccc3[C@H]2C2CCCC2)nc(-c2nc3ccccc3o2)c(O)c1=O. The van der Waals surface area contributed by atoms with E-state index in [-0.39, 0.29) is 23.2 Å². The molecule has 2 aliphatic rings. The standard InChI is InChI=1S/C27H26N4O5/c1-30-25(33)23(32)21(24-28-19-8-4-5-9-20(19)36-24)29-27(30)31-13-12-16-14-17(26(34)35)10-11-18(16)22(31)15-6-2-3-7-15/h4-5,8-11,14-15,22,32H,2-3,6-7,12-13H2,1H3,(H,34,35)/t22-/m1/s1. The first-order valence-corrected chi connectivity index (χ1v) is 12.2. The van der Waals surface area contributed by atoms with Gasteiger partial charge in [-0.1, -0.05) is 31.0 Å². The smallest absolute Gasteiger partial charge is 0.335 e. The third-order valence-electron chi connectivity index (χ3n) is 7.51. The molecule has 2 aromatic heterocycles. The Morgan fingerprint density at radius 1 is 1.11 bits per heavy atom. The molecule has 1 aliphatic heterocycles. The fraction of sp³-hybridized carbons (Fsp3) is 0.333. The number of aromatic carboxylic acids is 1. The number of oxazole rings is 1. The van der Waals surface area contributed by atoms with E-state index in [1.54, 1.807) is 31.3 Å². The van der Waals surface area contributed by atoms with Gasteiger partial charge in [-0.05, 0) is 60.6 Å². The van der Waals surface area contributed by atoms with Gasteiger partial charge in [0.25, 0.3) is 11.4 Å². The zero-order valence-electron chi connectivity index (χ0n) is 19.8. The topological polar surface area (TPSA) is 122 Å². The Morgan fingerprint density at radius 3 is 2.64 bits per heavy atom. The van der Waals surface area contributed by atoms with Crippen molar-refractivity contribution in [2.24, 2.45) is 13.0 Å². The third-order valence-corrected chi connectivity index (χ3v) is 7.51. The number of carboxylic acids is 1. The van der Waals surface area contributed by atoms with Crippen molar-refractivity contribution >= 4 is 23.0 Å². The van der Waals surface area contributed by atoms with E-state index in [0.29, 0.717) is 35.9 Å². The number of hydrogen-bond donors (Lipinski definition) is 2. The van der Waals surface area contributed by atoms with Crippen molar-refractivity contribution < 1.29 is 19.4 Å². The number of aromatic hydroxyl groups is 1. The molecule has 1 aliphatic carbocycles. The molecule has 0 bridgehead atoms. The summed E-state index contributed by atoms with van der Waals surface area (Å²) < 4.78 is 7.21. The molecular formula is C27H26N4O5. The highest BCUT2D eigenvalue weighted by atomic mass is 16.4. The zero-order valence-corrected chi connectivity index (χ0v) is 19.8. The Kier molecular flexibility index (Phi) is 5.28. The van der Waals surface area contributed by atoms with E-state index in [0.717, 1.165) is 36.8 Å². The van der Waals surface area contributed by atoms with Crippen LogP contribution in [0.3, 0.4) is 0 Å². The summed E-state index contributed by atoms with van der Waals surface area (Å²) in [5.41, 5.74) is 2.97. The molecule has 184 valence electrons. The number of hydrogen-bond acceptors (Lipinski definition) is 7. The monoisotopic (exact) mass is 486 g/mol. The molecule has 36 heavy (non-hydrogen) atoms. The number of para-hydroxylation sites is 2. The summed E-state index contributed by atoms with van der Waals surface area (Å²) in [6, 6.07) is 12.5. The van der Waals surface area contributed by atoms with Gasteiger partial charge in [-0.3, -0.25) is 9.36 Å². The number of benzene rings is 2. The fourth-order valence-electron chi connectivity index (χ4n) is 5.76. The number of anilines is 1. The van der Waals surface area contributed by atoms with E-state index < -0.39 is 17.3 Å². The molecule has 0 amide bonds. The lowest BCUT2D eigenvalue weighted by molar-refractivity contribution is 0.0696. The molecule has 1 atom stereocenters. The molecular weight excluding hydrogens is 460 g/mol. The lowest BCUT2D eigenvalue weighted by Gasteiger charge is -2.42. The van der Waals surface area contributed by atoms with Crippen molar-refractivity contribution in [3.63, 3.8) is 0 Å². The lowest BCUT2D eigenvalue weighted by atomic mass is 9.83. The van der Waals surface area contributed by atoms with Crippen LogP contribution in [0.25, 0.3) is 22.7 Å². The lowest BCUT2D eigenvalue weighted by Crippen LogP contribution is -2.42. The summed E-state index contributed by atoms with van der Waals surface area (Å²) >= 11 is 0. The van der Waals surface area contributed by atoms with E-state index in [2.05, 4.69) is 9.88 Å². The molecule has 1 saturated carbocycles. The minimum absolute atomic E-state index is 0.0153. The van der Waals surface area contributed by atoms with Crippen LogP contribution < -0.4 is 10.5 Å². The summed E-state index contributed by atoms with van der Waals surface area (Å²) in [6.45, 7) is 0.565. The molecule has 6 rings (SSSR count). The van der Waals surface area contributed by atoms with E-state index >= 15 is 0 Å². The van der Waals surface area contributed by atoms with Crippen molar-refractivity contribution in [1.29, 1.82) is 0 Å². The highest BCUT2D eigenvalue weighted by molar-refractivity contribution is 5.88. The molecule has 4 aromatic rings. The van der Waals surface area contributed by atoms with Gasteiger partial charge < -0.3 is 19.5 Å². The van der Waals surface area contributed by atoms with E-state index in [9.17, 15) is 19.8 Å². The van der Waals surface area contributed by atoms with Gasteiger partial charge in [0.1, 0.15) is 5.52 Å². The van der Waals surface area contributed by atoms with E-state index in [4.69, 9.17) is 9.40 Å². The Bertz CT molecular complexity index is 1520. The Labute approximate surface area is 206 Å². The first kappa shape index (κ1) is 22.3. The summed E-state index contributed by atoms with van der Waals surface area (Å²) in [7, 11) is 1.61. The van der Waals surface area contributed by atoms with Gasteiger partial charge in [-0.25, -0.2) is 14.8 Å². The predicted octanol–water partition coefficient (Wildman–Crippen LogP) is 4.29. The molecule has 0 radical (unpaired) electrons. The van der Waals surface area contributed by atoms with E-state index in [1.807, 2.05) is 18.2 Å². The Balaban J connectivity index is 1.50. The van der Waals surface area contributed by atoms with Crippen LogP contribution in [-0.2, 0) is 13.5 Å². The minimum atomic E-state index is -0.941. The number of rotatable bonds is 4. The van der Waals surface area contributed by atoms with Gasteiger partial charge in [0, 0.05) is 13.6 Å². The average molecular weight is 487 g/mol. The van der Waals surface area contributed by atoms with Crippen LogP contribution in [0.1, 0.15) is 53.2 Å². The van der Waals surface area contributed by atoms with Crippen molar-refractivity contribution in [2.75, 3.05) is 11.4 Å². The molecule has 9 heteroatoms. The minimum Gasteiger partial charge on any atom is -0.501 e. The second-order valence-electron chi connectivity index (χ2n) is 9.61. The first-order valence-electron chi connectivity index (χ1n) is 12.2. The molecule has 1 fully saturated rings. The largest absolute Gasteiger partial charge is 0.501 e. The van der Waals surface area contributed by atoms with Gasteiger partial charge in [0.2, 0.25) is 11.7 Å². The third kappa shape index (κ3) is 3.54. The summed E-state index contributed by atoms with van der Waals surface area (Å²) in [5, 5.41) is 20.2. The average Bonchev–Trinajstić information content (AvgIpc) is 3.57. The predicted molar refractivity (Wildman–Crippen MR) is 133 cm³/mol. The number of aromatic nitrogens is 3. The highest BCUT2D eigenvalue weighted by Gasteiger charge is 2.38. The normalized spacial score (nSPS) is 18.0. The van der Waals surface area contributed by atoms with Crippen LogP contribution in [0.5, 0.6) is 5.75 Å². The number of fused-ring (bicyclic) bond motifs is 2. The van der Waals surface area contributed by atoms with Crippen molar-refractivity contribution in [3.05, 3.63) is 69.5 Å². The van der Waals surface area contributed by atoms with Crippen molar-refractivity contribution in [3.8, 4) is 17.3 Å². The Morgan fingerprint density at radius 2 is 1.89 bits per heavy atom. The van der Waals surface area contributed by atoms with Crippen LogP contribution in [0.2, 0.25) is 0 Å². The second-order valence-corrected chi connectivity index (χ2v) is 9.61. The number of carbonyl (C=O) groups is 1. The van der Waals surface area contributed by atoms with Crippen molar-refractivity contribution in [1.82, 2.24) is 14.5 Å². The van der Waals surface area contributed by atoms with Crippen LogP contribution in [0.15, 0.2) is 51.7 Å².